The SMILES string of the molecule is CCOc1cccn2c(C(=O)Nc3cccc(C(=O)OC)c3)c(C)nc12. The number of esters is 1. The first-order valence-electron chi connectivity index (χ1n) is 8.15. The van der Waals surface area contributed by atoms with Gasteiger partial charge in [-0.15, -0.1) is 0 Å². The second kappa shape index (κ2) is 7.26. The van der Waals surface area contributed by atoms with Crippen LogP contribution >= 0.6 is 0 Å². The van der Waals surface area contributed by atoms with Gasteiger partial charge in [0.15, 0.2) is 11.4 Å². The molecule has 0 aliphatic rings. The van der Waals surface area contributed by atoms with Gasteiger partial charge in [0.2, 0.25) is 0 Å². The third-order valence-corrected chi connectivity index (χ3v) is 3.84. The summed E-state index contributed by atoms with van der Waals surface area (Å²) in [5, 5.41) is 2.80. The summed E-state index contributed by atoms with van der Waals surface area (Å²) >= 11 is 0. The molecular formula is C19H19N3O4. The van der Waals surface area contributed by atoms with Gasteiger partial charge in [0.25, 0.3) is 5.91 Å². The summed E-state index contributed by atoms with van der Waals surface area (Å²) in [6.07, 6.45) is 1.76. The average molecular weight is 353 g/mol. The monoisotopic (exact) mass is 353 g/mol. The predicted molar refractivity (Wildman–Crippen MR) is 96.8 cm³/mol. The zero-order valence-corrected chi connectivity index (χ0v) is 14.8. The highest BCUT2D eigenvalue weighted by Gasteiger charge is 2.19. The molecule has 1 aromatic carbocycles. The number of hydrogen-bond acceptors (Lipinski definition) is 5. The van der Waals surface area contributed by atoms with Crippen molar-refractivity contribution >= 4 is 23.2 Å². The minimum atomic E-state index is -0.464. The van der Waals surface area contributed by atoms with E-state index in [-0.39, 0.29) is 5.91 Å². The van der Waals surface area contributed by atoms with E-state index in [9.17, 15) is 9.59 Å². The van der Waals surface area contributed by atoms with Crippen molar-refractivity contribution in [1.29, 1.82) is 0 Å². The molecule has 2 aromatic heterocycles. The number of nitrogens with one attached hydrogen (secondary N) is 1. The van der Waals surface area contributed by atoms with Crippen molar-refractivity contribution < 1.29 is 19.1 Å². The Balaban J connectivity index is 1.95. The van der Waals surface area contributed by atoms with Gasteiger partial charge in [-0.3, -0.25) is 9.20 Å². The van der Waals surface area contributed by atoms with Crippen molar-refractivity contribution in [2.24, 2.45) is 0 Å². The predicted octanol–water partition coefficient (Wildman–Crippen LogP) is 3.08. The van der Waals surface area contributed by atoms with Crippen LogP contribution in [0.1, 0.15) is 33.5 Å². The lowest BCUT2D eigenvalue weighted by Gasteiger charge is -2.08. The summed E-state index contributed by atoms with van der Waals surface area (Å²) in [6.45, 7) is 4.16. The van der Waals surface area contributed by atoms with Gasteiger partial charge in [-0.1, -0.05) is 6.07 Å². The Hall–Kier alpha value is -3.35. The quantitative estimate of drug-likeness (QED) is 0.713. The molecule has 2 heterocycles. The highest BCUT2D eigenvalue weighted by Crippen LogP contribution is 2.23. The molecule has 0 bridgehead atoms. The molecule has 3 rings (SSSR count). The van der Waals surface area contributed by atoms with Gasteiger partial charge in [-0.2, -0.15) is 0 Å². The molecule has 0 spiro atoms. The first kappa shape index (κ1) is 17.5. The number of aromatic nitrogens is 2. The Morgan fingerprint density at radius 2 is 2.04 bits per heavy atom. The van der Waals surface area contributed by atoms with E-state index in [4.69, 9.17) is 9.47 Å². The summed E-state index contributed by atoms with van der Waals surface area (Å²) in [5.74, 6) is -0.177. The van der Waals surface area contributed by atoms with E-state index in [1.54, 1.807) is 47.9 Å². The zero-order valence-electron chi connectivity index (χ0n) is 14.8. The van der Waals surface area contributed by atoms with Crippen molar-refractivity contribution in [2.75, 3.05) is 19.0 Å². The van der Waals surface area contributed by atoms with Crippen molar-refractivity contribution in [3.05, 3.63) is 59.5 Å². The molecule has 0 atom stereocenters. The number of amides is 1. The van der Waals surface area contributed by atoms with Gasteiger partial charge in [-0.25, -0.2) is 9.78 Å². The topological polar surface area (TPSA) is 81.9 Å². The molecule has 0 fully saturated rings. The van der Waals surface area contributed by atoms with E-state index in [1.165, 1.54) is 7.11 Å². The number of ether oxygens (including phenoxy) is 2. The van der Waals surface area contributed by atoms with E-state index in [1.807, 2.05) is 13.0 Å². The minimum Gasteiger partial charge on any atom is -0.490 e. The molecule has 3 aromatic rings. The molecule has 7 nitrogen and oxygen atoms in total. The molecule has 0 unspecified atom stereocenters. The number of benzene rings is 1. The van der Waals surface area contributed by atoms with Crippen LogP contribution in [0.2, 0.25) is 0 Å². The van der Waals surface area contributed by atoms with Crippen LogP contribution in [0, 0.1) is 6.92 Å². The van der Waals surface area contributed by atoms with E-state index >= 15 is 0 Å². The standard InChI is InChI=1S/C19H19N3O4/c1-4-26-15-9-6-10-22-16(12(2)20-17(15)22)18(23)21-14-8-5-7-13(11-14)19(24)25-3/h5-11H,4H2,1-3H3,(H,21,23). The number of carbonyl (C=O) groups is 2. The maximum absolute atomic E-state index is 12.8. The fourth-order valence-electron chi connectivity index (χ4n) is 2.73. The van der Waals surface area contributed by atoms with Gasteiger partial charge in [-0.05, 0) is 44.2 Å². The average Bonchev–Trinajstić information content (AvgIpc) is 2.98. The Kier molecular flexibility index (Phi) is 4.88. The molecule has 0 aliphatic heterocycles. The van der Waals surface area contributed by atoms with Crippen LogP contribution in [-0.2, 0) is 4.74 Å². The molecule has 0 radical (unpaired) electrons. The van der Waals surface area contributed by atoms with E-state index in [2.05, 4.69) is 10.3 Å². The van der Waals surface area contributed by atoms with Gasteiger partial charge in [0.05, 0.1) is 25.0 Å². The van der Waals surface area contributed by atoms with Crippen molar-refractivity contribution in [3.63, 3.8) is 0 Å². The van der Waals surface area contributed by atoms with Crippen molar-refractivity contribution in [3.8, 4) is 5.75 Å². The number of rotatable bonds is 5. The lowest BCUT2D eigenvalue weighted by molar-refractivity contribution is 0.0600. The molecule has 0 aliphatic carbocycles. The number of imidazole rings is 1. The summed E-state index contributed by atoms with van der Waals surface area (Å²) in [4.78, 5) is 28.9. The van der Waals surface area contributed by atoms with Crippen LogP contribution in [0.15, 0.2) is 42.6 Å². The van der Waals surface area contributed by atoms with Crippen LogP contribution in [0.5, 0.6) is 5.75 Å². The van der Waals surface area contributed by atoms with Gasteiger partial charge in [0, 0.05) is 11.9 Å². The number of nitrogens with zero attached hydrogens (tertiary/aromatic N) is 2. The third-order valence-electron chi connectivity index (χ3n) is 3.84. The Morgan fingerprint density at radius 1 is 1.23 bits per heavy atom. The molecule has 1 amide bonds. The third kappa shape index (κ3) is 3.23. The molecule has 0 saturated carbocycles. The van der Waals surface area contributed by atoms with Gasteiger partial charge >= 0.3 is 5.97 Å². The smallest absolute Gasteiger partial charge is 0.337 e. The summed E-state index contributed by atoms with van der Waals surface area (Å²) in [7, 11) is 1.31. The minimum absolute atomic E-state index is 0.328. The van der Waals surface area contributed by atoms with Crippen LogP contribution in [0.3, 0.4) is 0 Å². The number of pyridine rings is 1. The summed E-state index contributed by atoms with van der Waals surface area (Å²) < 4.78 is 12.0. The lowest BCUT2D eigenvalue weighted by atomic mass is 10.2. The van der Waals surface area contributed by atoms with Crippen LogP contribution < -0.4 is 10.1 Å². The van der Waals surface area contributed by atoms with Crippen LogP contribution in [0.4, 0.5) is 5.69 Å². The van der Waals surface area contributed by atoms with Crippen LogP contribution in [0.25, 0.3) is 5.65 Å². The molecule has 1 N–H and O–H groups in total. The van der Waals surface area contributed by atoms with E-state index in [0.717, 1.165) is 0 Å². The fraction of sp³-hybridized carbons (Fsp3) is 0.211. The molecule has 134 valence electrons. The lowest BCUT2D eigenvalue weighted by Crippen LogP contribution is -2.16. The summed E-state index contributed by atoms with van der Waals surface area (Å²) in [6, 6.07) is 10.2. The highest BCUT2D eigenvalue weighted by molar-refractivity contribution is 6.05. The Labute approximate surface area is 150 Å². The Morgan fingerprint density at radius 3 is 2.77 bits per heavy atom. The molecular weight excluding hydrogens is 334 g/mol. The maximum atomic E-state index is 12.8. The molecule has 0 saturated heterocycles. The number of aryl methyl sites for hydroxylation is 1. The van der Waals surface area contributed by atoms with E-state index in [0.29, 0.717) is 40.6 Å². The molecule has 26 heavy (non-hydrogen) atoms. The normalized spacial score (nSPS) is 10.6. The number of fused-ring (bicyclic) bond motifs is 1. The van der Waals surface area contributed by atoms with Crippen molar-refractivity contribution in [2.45, 2.75) is 13.8 Å². The van der Waals surface area contributed by atoms with Gasteiger partial charge < -0.3 is 14.8 Å². The number of methoxy groups -OCH3 is 1. The van der Waals surface area contributed by atoms with E-state index < -0.39 is 5.97 Å². The first-order chi connectivity index (χ1) is 12.5. The number of anilines is 1. The zero-order chi connectivity index (χ0) is 18.7. The van der Waals surface area contributed by atoms with Crippen LogP contribution in [-0.4, -0.2) is 35.0 Å². The first-order valence-corrected chi connectivity index (χ1v) is 8.15. The highest BCUT2D eigenvalue weighted by atomic mass is 16.5. The summed E-state index contributed by atoms with van der Waals surface area (Å²) in [5.41, 5.74) is 2.43. The van der Waals surface area contributed by atoms with Crippen molar-refractivity contribution in [1.82, 2.24) is 9.38 Å². The molecule has 7 heteroatoms. The second-order valence-electron chi connectivity index (χ2n) is 5.57. The number of hydrogen-bond donors (Lipinski definition) is 1. The fourth-order valence-corrected chi connectivity index (χ4v) is 2.73. The maximum Gasteiger partial charge on any atom is 0.337 e. The van der Waals surface area contributed by atoms with Gasteiger partial charge in [0.1, 0.15) is 5.69 Å². The Bertz CT molecular complexity index is 978. The largest absolute Gasteiger partial charge is 0.490 e. The second-order valence-corrected chi connectivity index (χ2v) is 5.57. The number of carbonyl (C=O) groups excluding carboxylic acids is 2.